The normalized spacial score (nSPS) is 12.6. The highest BCUT2D eigenvalue weighted by Gasteiger charge is 2.04. The predicted molar refractivity (Wildman–Crippen MR) is 70.0 cm³/mol. The van der Waals surface area contributed by atoms with Crippen molar-refractivity contribution in [3.63, 3.8) is 0 Å². The molecule has 2 rings (SSSR count). The van der Waals surface area contributed by atoms with Crippen LogP contribution in [0.4, 0.5) is 0 Å². The number of hydrogen-bond acceptors (Lipinski definition) is 3. The monoisotopic (exact) mass is 248 g/mol. The molecule has 0 saturated heterocycles. The molecule has 0 spiro atoms. The number of aliphatic hydroxyl groups excluding tert-OH is 1. The minimum Gasteiger partial charge on any atom is -0.468 e. The van der Waals surface area contributed by atoms with Crippen molar-refractivity contribution in [2.75, 3.05) is 0 Å². The van der Waals surface area contributed by atoms with Crippen LogP contribution in [0.25, 0.3) is 0 Å². The average Bonchev–Trinajstić information content (AvgIpc) is 2.89. The lowest BCUT2D eigenvalue weighted by molar-refractivity contribution is 0.173. The molecule has 0 saturated carbocycles. The van der Waals surface area contributed by atoms with E-state index in [1.807, 2.05) is 43.3 Å². The number of benzene rings is 1. The van der Waals surface area contributed by atoms with Crippen molar-refractivity contribution in [1.82, 2.24) is 0 Å². The summed E-state index contributed by atoms with van der Waals surface area (Å²) in [5.74, 6) is 1.82. The van der Waals surface area contributed by atoms with Crippen LogP contribution in [0, 0.1) is 0 Å². The second-order valence-electron chi connectivity index (χ2n) is 3.86. The highest BCUT2D eigenvalue weighted by atomic mass is 32.2. The van der Waals surface area contributed by atoms with Gasteiger partial charge in [0.05, 0.1) is 18.1 Å². The lowest BCUT2D eigenvalue weighted by Crippen LogP contribution is -1.94. The summed E-state index contributed by atoms with van der Waals surface area (Å²) in [5.41, 5.74) is 0.981. The van der Waals surface area contributed by atoms with Gasteiger partial charge in [0.2, 0.25) is 0 Å². The van der Waals surface area contributed by atoms with Crippen LogP contribution in [0.15, 0.2) is 52.0 Å². The second-order valence-corrected chi connectivity index (χ2v) is 4.91. The van der Waals surface area contributed by atoms with E-state index in [9.17, 15) is 5.11 Å². The van der Waals surface area contributed by atoms with Gasteiger partial charge in [-0.25, -0.2) is 0 Å². The molecule has 17 heavy (non-hydrogen) atoms. The van der Waals surface area contributed by atoms with Gasteiger partial charge in [-0.05, 0) is 36.2 Å². The third-order valence-corrected chi connectivity index (χ3v) is 3.65. The van der Waals surface area contributed by atoms with Gasteiger partial charge in [0, 0.05) is 4.90 Å². The molecule has 2 nitrogen and oxygen atoms in total. The van der Waals surface area contributed by atoms with E-state index < -0.39 is 0 Å². The number of furan rings is 1. The lowest BCUT2D eigenvalue weighted by atomic mass is 10.1. The Balaban J connectivity index is 1.94. The van der Waals surface area contributed by atoms with Gasteiger partial charge >= 0.3 is 0 Å². The van der Waals surface area contributed by atoms with E-state index >= 15 is 0 Å². The standard InChI is InChI=1S/C14H16O2S/c1-2-14(15)11-5-7-13(8-6-11)17-10-12-4-3-9-16-12/h3-9,14-15H,2,10H2,1H3. The van der Waals surface area contributed by atoms with Gasteiger partial charge in [-0.3, -0.25) is 0 Å². The molecule has 1 aromatic heterocycles. The van der Waals surface area contributed by atoms with Crippen molar-refractivity contribution in [3.05, 3.63) is 54.0 Å². The molecular formula is C14H16O2S. The molecule has 0 fully saturated rings. The summed E-state index contributed by atoms with van der Waals surface area (Å²) >= 11 is 1.73. The smallest absolute Gasteiger partial charge is 0.113 e. The maximum Gasteiger partial charge on any atom is 0.113 e. The molecule has 1 unspecified atom stereocenters. The quantitative estimate of drug-likeness (QED) is 0.811. The zero-order valence-electron chi connectivity index (χ0n) is 9.80. The average molecular weight is 248 g/mol. The van der Waals surface area contributed by atoms with Crippen LogP contribution >= 0.6 is 11.8 Å². The van der Waals surface area contributed by atoms with Crippen LogP contribution in [0.5, 0.6) is 0 Å². The van der Waals surface area contributed by atoms with Crippen LogP contribution in [0.3, 0.4) is 0 Å². The lowest BCUT2D eigenvalue weighted by Gasteiger charge is -2.08. The Labute approximate surface area is 106 Å². The summed E-state index contributed by atoms with van der Waals surface area (Å²) < 4.78 is 5.27. The number of thioether (sulfide) groups is 1. The van der Waals surface area contributed by atoms with Crippen LogP contribution < -0.4 is 0 Å². The minimum absolute atomic E-state index is 0.348. The van der Waals surface area contributed by atoms with Gasteiger partial charge < -0.3 is 9.52 Å². The van der Waals surface area contributed by atoms with Crippen LogP contribution in [-0.4, -0.2) is 5.11 Å². The fourth-order valence-electron chi connectivity index (χ4n) is 1.57. The van der Waals surface area contributed by atoms with E-state index in [0.29, 0.717) is 0 Å². The van der Waals surface area contributed by atoms with Gasteiger partial charge in [0.1, 0.15) is 5.76 Å². The molecule has 1 heterocycles. The van der Waals surface area contributed by atoms with Gasteiger partial charge in [-0.2, -0.15) is 0 Å². The van der Waals surface area contributed by atoms with Gasteiger partial charge in [0.25, 0.3) is 0 Å². The SMILES string of the molecule is CCC(O)c1ccc(SCc2ccco2)cc1. The van der Waals surface area contributed by atoms with Crippen LogP contribution in [-0.2, 0) is 5.75 Å². The third-order valence-electron chi connectivity index (χ3n) is 2.61. The van der Waals surface area contributed by atoms with E-state index in [1.165, 1.54) is 4.90 Å². The highest BCUT2D eigenvalue weighted by molar-refractivity contribution is 7.98. The first-order valence-electron chi connectivity index (χ1n) is 5.73. The maximum absolute atomic E-state index is 9.68. The van der Waals surface area contributed by atoms with E-state index in [0.717, 1.165) is 23.5 Å². The molecule has 0 radical (unpaired) electrons. The van der Waals surface area contributed by atoms with Crippen LogP contribution in [0.1, 0.15) is 30.8 Å². The summed E-state index contributed by atoms with van der Waals surface area (Å²) in [4.78, 5) is 1.19. The topological polar surface area (TPSA) is 33.4 Å². The van der Waals surface area contributed by atoms with E-state index in [-0.39, 0.29) is 6.10 Å². The molecule has 0 bridgehead atoms. The minimum atomic E-state index is -0.348. The maximum atomic E-state index is 9.68. The first-order valence-corrected chi connectivity index (χ1v) is 6.71. The molecule has 0 aliphatic rings. The largest absolute Gasteiger partial charge is 0.468 e. The first kappa shape index (κ1) is 12.3. The molecule has 1 aromatic carbocycles. The van der Waals surface area contributed by atoms with Gasteiger partial charge in [-0.15, -0.1) is 11.8 Å². The van der Waals surface area contributed by atoms with E-state index in [2.05, 4.69) is 0 Å². The van der Waals surface area contributed by atoms with Crippen molar-refractivity contribution in [2.24, 2.45) is 0 Å². The zero-order valence-corrected chi connectivity index (χ0v) is 10.6. The Morgan fingerprint density at radius 2 is 2.00 bits per heavy atom. The van der Waals surface area contributed by atoms with Crippen molar-refractivity contribution in [1.29, 1.82) is 0 Å². The van der Waals surface area contributed by atoms with Gasteiger partial charge in [-0.1, -0.05) is 19.1 Å². The Bertz CT molecular complexity index is 434. The highest BCUT2D eigenvalue weighted by Crippen LogP contribution is 2.25. The predicted octanol–water partition coefficient (Wildman–Crippen LogP) is 4.02. The van der Waals surface area contributed by atoms with Crippen LogP contribution in [0.2, 0.25) is 0 Å². The number of hydrogen-bond donors (Lipinski definition) is 1. The molecule has 0 amide bonds. The van der Waals surface area contributed by atoms with Crippen molar-refractivity contribution in [2.45, 2.75) is 30.1 Å². The summed E-state index contributed by atoms with van der Waals surface area (Å²) in [5, 5.41) is 9.68. The summed E-state index contributed by atoms with van der Waals surface area (Å²) in [6, 6.07) is 11.9. The second kappa shape index (κ2) is 5.94. The fraction of sp³-hybridized carbons (Fsp3) is 0.286. The van der Waals surface area contributed by atoms with Gasteiger partial charge in [0.15, 0.2) is 0 Å². The Morgan fingerprint density at radius 3 is 2.59 bits per heavy atom. The molecule has 3 heteroatoms. The Hall–Kier alpha value is -1.19. The number of rotatable bonds is 5. The van der Waals surface area contributed by atoms with Crippen molar-refractivity contribution in [3.8, 4) is 0 Å². The molecule has 1 atom stereocenters. The third kappa shape index (κ3) is 3.38. The molecule has 90 valence electrons. The fourth-order valence-corrected chi connectivity index (χ4v) is 2.37. The zero-order chi connectivity index (χ0) is 12.1. The summed E-state index contributed by atoms with van der Waals surface area (Å²) in [7, 11) is 0. The Morgan fingerprint density at radius 1 is 1.24 bits per heavy atom. The number of aliphatic hydroxyl groups is 1. The summed E-state index contributed by atoms with van der Waals surface area (Å²) in [6.45, 7) is 1.98. The molecule has 2 aromatic rings. The molecule has 0 aliphatic heterocycles. The van der Waals surface area contributed by atoms with Crippen molar-refractivity contribution >= 4 is 11.8 Å². The molecular weight excluding hydrogens is 232 g/mol. The van der Waals surface area contributed by atoms with E-state index in [4.69, 9.17) is 4.42 Å². The summed E-state index contributed by atoms with van der Waals surface area (Å²) in [6.07, 6.45) is 2.09. The molecule has 1 N–H and O–H groups in total. The molecule has 0 aliphatic carbocycles. The first-order chi connectivity index (χ1) is 8.29. The Kier molecular flexibility index (Phi) is 4.29. The van der Waals surface area contributed by atoms with E-state index in [1.54, 1.807) is 18.0 Å². The van der Waals surface area contributed by atoms with Crippen molar-refractivity contribution < 1.29 is 9.52 Å².